The van der Waals surface area contributed by atoms with Crippen molar-refractivity contribution in [3.05, 3.63) is 46.3 Å². The van der Waals surface area contributed by atoms with Gasteiger partial charge < -0.3 is 0 Å². The SMILES string of the molecule is CC(=O)N=C1SC2=CS[C@@H](c3ccccc3)N2N1C(C)=O. The fourth-order valence-electron chi connectivity index (χ4n) is 2.18. The minimum atomic E-state index is -0.311. The lowest BCUT2D eigenvalue weighted by molar-refractivity contribution is -0.134. The zero-order valence-corrected chi connectivity index (χ0v) is 13.1. The fraction of sp³-hybridized carbons (Fsp3) is 0.214. The molecular weight excluding hydrogens is 306 g/mol. The molecule has 7 heteroatoms. The monoisotopic (exact) mass is 319 g/mol. The van der Waals surface area contributed by atoms with Crippen molar-refractivity contribution in [1.29, 1.82) is 0 Å². The quantitative estimate of drug-likeness (QED) is 0.796. The Balaban J connectivity index is 1.99. The van der Waals surface area contributed by atoms with E-state index in [0.717, 1.165) is 10.6 Å². The van der Waals surface area contributed by atoms with Gasteiger partial charge in [-0.05, 0) is 17.3 Å². The average molecular weight is 319 g/mol. The third kappa shape index (κ3) is 2.58. The molecule has 0 saturated carbocycles. The first kappa shape index (κ1) is 14.2. The topological polar surface area (TPSA) is 53.0 Å². The third-order valence-electron chi connectivity index (χ3n) is 2.97. The second-order valence-electron chi connectivity index (χ2n) is 4.55. The summed E-state index contributed by atoms with van der Waals surface area (Å²) in [5.41, 5.74) is 1.10. The number of aliphatic imine (C=N–C) groups is 1. The van der Waals surface area contributed by atoms with Crippen LogP contribution in [0.4, 0.5) is 0 Å². The number of hydrogen-bond donors (Lipinski definition) is 0. The van der Waals surface area contributed by atoms with E-state index in [-0.39, 0.29) is 17.2 Å². The van der Waals surface area contributed by atoms with Crippen LogP contribution < -0.4 is 0 Å². The molecule has 3 rings (SSSR count). The highest BCUT2D eigenvalue weighted by Crippen LogP contribution is 2.51. The Kier molecular flexibility index (Phi) is 3.77. The predicted octanol–water partition coefficient (Wildman–Crippen LogP) is 2.95. The lowest BCUT2D eigenvalue weighted by Crippen LogP contribution is -2.42. The van der Waals surface area contributed by atoms with Crippen LogP contribution in [0, 0.1) is 0 Å². The Morgan fingerprint density at radius 3 is 2.52 bits per heavy atom. The van der Waals surface area contributed by atoms with E-state index in [0.29, 0.717) is 5.17 Å². The van der Waals surface area contributed by atoms with Crippen LogP contribution in [0.5, 0.6) is 0 Å². The number of fused-ring (bicyclic) bond motifs is 1. The number of rotatable bonds is 1. The predicted molar refractivity (Wildman–Crippen MR) is 84.9 cm³/mol. The molecule has 0 N–H and O–H groups in total. The minimum absolute atomic E-state index is 0.0164. The van der Waals surface area contributed by atoms with Crippen molar-refractivity contribution < 1.29 is 9.59 Å². The van der Waals surface area contributed by atoms with Crippen molar-refractivity contribution in [3.8, 4) is 0 Å². The number of benzene rings is 1. The van der Waals surface area contributed by atoms with E-state index >= 15 is 0 Å². The summed E-state index contributed by atoms with van der Waals surface area (Å²) in [6.45, 7) is 2.86. The third-order valence-corrected chi connectivity index (χ3v) is 5.17. The van der Waals surface area contributed by atoms with Gasteiger partial charge in [-0.1, -0.05) is 42.1 Å². The maximum absolute atomic E-state index is 12.0. The smallest absolute Gasteiger partial charge is 0.245 e. The number of carbonyl (C=O) groups is 2. The van der Waals surface area contributed by atoms with Gasteiger partial charge in [0.2, 0.25) is 11.8 Å². The van der Waals surface area contributed by atoms with Crippen molar-refractivity contribution in [2.45, 2.75) is 19.2 Å². The van der Waals surface area contributed by atoms with Gasteiger partial charge in [0.15, 0.2) is 5.17 Å². The summed E-state index contributed by atoms with van der Waals surface area (Å²) in [5, 5.41) is 6.70. The normalized spacial score (nSPS) is 22.5. The molecule has 2 aliphatic rings. The number of nitrogens with zero attached hydrogens (tertiary/aromatic N) is 3. The van der Waals surface area contributed by atoms with Crippen LogP contribution in [-0.4, -0.2) is 27.0 Å². The van der Waals surface area contributed by atoms with Crippen LogP contribution >= 0.6 is 23.5 Å². The van der Waals surface area contributed by atoms with Gasteiger partial charge in [0.05, 0.1) is 0 Å². The number of hydrazine groups is 1. The Morgan fingerprint density at radius 1 is 1.19 bits per heavy atom. The van der Waals surface area contributed by atoms with Crippen molar-refractivity contribution >= 4 is 40.5 Å². The van der Waals surface area contributed by atoms with E-state index in [9.17, 15) is 9.59 Å². The molecule has 0 bridgehead atoms. The summed E-state index contributed by atoms with van der Waals surface area (Å²) >= 11 is 2.98. The molecule has 1 fully saturated rings. The molecule has 0 aliphatic carbocycles. The Morgan fingerprint density at radius 2 is 1.90 bits per heavy atom. The second kappa shape index (κ2) is 5.57. The summed E-state index contributed by atoms with van der Waals surface area (Å²) in [6.07, 6.45) is 0. The van der Waals surface area contributed by atoms with Crippen molar-refractivity contribution in [3.63, 3.8) is 0 Å². The molecule has 0 radical (unpaired) electrons. The molecule has 2 aliphatic heterocycles. The number of carbonyl (C=O) groups excluding carboxylic acids is 2. The lowest BCUT2D eigenvalue weighted by Gasteiger charge is -2.30. The molecule has 1 atom stereocenters. The second-order valence-corrected chi connectivity index (χ2v) is 6.49. The number of hydrogen-bond acceptors (Lipinski definition) is 5. The summed E-state index contributed by atoms with van der Waals surface area (Å²) < 4.78 is 0. The highest BCUT2D eigenvalue weighted by atomic mass is 32.2. The first-order chi connectivity index (χ1) is 10.1. The summed E-state index contributed by atoms with van der Waals surface area (Å²) in [6, 6.07) is 9.95. The number of amides is 2. The first-order valence-electron chi connectivity index (χ1n) is 6.35. The molecule has 2 heterocycles. The highest BCUT2D eigenvalue weighted by Gasteiger charge is 2.43. The molecule has 0 unspecified atom stereocenters. The van der Waals surface area contributed by atoms with Gasteiger partial charge in [0, 0.05) is 19.3 Å². The molecule has 108 valence electrons. The van der Waals surface area contributed by atoms with E-state index < -0.39 is 0 Å². The molecule has 0 aromatic heterocycles. The van der Waals surface area contributed by atoms with Crippen LogP contribution in [0.15, 0.2) is 45.8 Å². The Bertz CT molecular complexity index is 657. The number of amidine groups is 1. The number of thioether (sulfide) groups is 2. The maximum atomic E-state index is 12.0. The van der Waals surface area contributed by atoms with Gasteiger partial charge >= 0.3 is 0 Å². The van der Waals surface area contributed by atoms with Gasteiger partial charge in [0.25, 0.3) is 0 Å². The lowest BCUT2D eigenvalue weighted by atomic mass is 10.2. The summed E-state index contributed by atoms with van der Waals surface area (Å²) in [7, 11) is 0. The maximum Gasteiger partial charge on any atom is 0.245 e. The molecule has 1 aromatic rings. The van der Waals surface area contributed by atoms with Gasteiger partial charge in [0.1, 0.15) is 10.4 Å². The van der Waals surface area contributed by atoms with Crippen LogP contribution in [0.25, 0.3) is 0 Å². The molecule has 21 heavy (non-hydrogen) atoms. The van der Waals surface area contributed by atoms with E-state index in [1.807, 2.05) is 40.7 Å². The molecule has 5 nitrogen and oxygen atoms in total. The summed E-state index contributed by atoms with van der Waals surface area (Å²) in [4.78, 5) is 27.2. The molecule has 0 spiro atoms. The Hall–Kier alpha value is -1.73. The average Bonchev–Trinajstić information content (AvgIpc) is 2.96. The van der Waals surface area contributed by atoms with E-state index in [4.69, 9.17) is 0 Å². The standard InChI is InChI=1S/C14H13N3O2S2/c1-9(18)15-14-16(10(2)19)17-12(21-14)8-20-13(17)11-6-4-3-5-7-11/h3-8,13H,1-2H3/t13-/m0/s1. The molecule has 1 saturated heterocycles. The van der Waals surface area contributed by atoms with Crippen molar-refractivity contribution in [2.75, 3.05) is 0 Å². The van der Waals surface area contributed by atoms with E-state index in [1.54, 1.807) is 11.8 Å². The van der Waals surface area contributed by atoms with Crippen LogP contribution in [0.2, 0.25) is 0 Å². The molecule has 2 amide bonds. The minimum Gasteiger partial charge on any atom is -0.273 e. The molecular formula is C14H13N3O2S2. The van der Waals surface area contributed by atoms with E-state index in [2.05, 4.69) is 4.99 Å². The van der Waals surface area contributed by atoms with Crippen molar-refractivity contribution in [2.24, 2.45) is 4.99 Å². The Labute approximate surface area is 131 Å². The molecule has 1 aromatic carbocycles. The largest absolute Gasteiger partial charge is 0.273 e. The first-order valence-corrected chi connectivity index (χ1v) is 8.11. The summed E-state index contributed by atoms with van der Waals surface area (Å²) in [5.74, 6) is -0.469. The zero-order valence-electron chi connectivity index (χ0n) is 11.5. The zero-order chi connectivity index (χ0) is 15.0. The van der Waals surface area contributed by atoms with Gasteiger partial charge in [-0.3, -0.25) is 14.6 Å². The van der Waals surface area contributed by atoms with Gasteiger partial charge in [-0.2, -0.15) is 10.0 Å². The van der Waals surface area contributed by atoms with Crippen LogP contribution in [0.3, 0.4) is 0 Å². The van der Waals surface area contributed by atoms with Crippen LogP contribution in [0.1, 0.15) is 24.8 Å². The van der Waals surface area contributed by atoms with Gasteiger partial charge in [-0.25, -0.2) is 0 Å². The van der Waals surface area contributed by atoms with Crippen LogP contribution in [-0.2, 0) is 9.59 Å². The highest BCUT2D eigenvalue weighted by molar-refractivity contribution is 8.18. The van der Waals surface area contributed by atoms with Gasteiger partial charge in [-0.15, -0.1) is 0 Å². The van der Waals surface area contributed by atoms with Crippen molar-refractivity contribution in [1.82, 2.24) is 10.0 Å². The fourth-order valence-corrected chi connectivity index (χ4v) is 4.54. The van der Waals surface area contributed by atoms with E-state index in [1.165, 1.54) is 30.6 Å².